The van der Waals surface area contributed by atoms with Gasteiger partial charge in [-0.1, -0.05) is 20.8 Å². The van der Waals surface area contributed by atoms with E-state index >= 15 is 0 Å². The van der Waals surface area contributed by atoms with Crippen LogP contribution >= 0.6 is 11.3 Å². The predicted octanol–water partition coefficient (Wildman–Crippen LogP) is 2.48. The standard InChI is InChI=1S/C23H31N3O7S3/c1-23(2,3)8-9-26-17-14-6-5-13(33-14)15(17)18(27)16(22(26)28)20-24-21-19(36(31,32)25-20)12(11-34-21)7-10-35(4,29)30/h11,13-15,17,27H,5-10H2,1-4H3,(H,24,25). The molecule has 2 fully saturated rings. The van der Waals surface area contributed by atoms with Crippen molar-refractivity contribution >= 4 is 47.9 Å². The number of aliphatic hydroxyl groups excluding tert-OH is 1. The van der Waals surface area contributed by atoms with Crippen LogP contribution in [0.5, 0.6) is 0 Å². The molecule has 2 bridgehead atoms. The van der Waals surface area contributed by atoms with E-state index in [1.54, 1.807) is 10.3 Å². The molecule has 1 aromatic heterocycles. The van der Waals surface area contributed by atoms with Crippen LogP contribution in [0.4, 0.5) is 5.00 Å². The van der Waals surface area contributed by atoms with Crippen molar-refractivity contribution in [1.82, 2.24) is 4.90 Å². The number of aliphatic hydroxyl groups is 1. The molecule has 198 valence electrons. The molecule has 1 amide bonds. The summed E-state index contributed by atoms with van der Waals surface area (Å²) in [5, 5.41) is 16.1. The van der Waals surface area contributed by atoms with E-state index in [1.165, 1.54) is 0 Å². The smallest absolute Gasteiger partial charge is 0.287 e. The molecule has 4 aliphatic heterocycles. The van der Waals surface area contributed by atoms with Gasteiger partial charge in [-0.3, -0.25) is 4.79 Å². The number of rotatable bonds is 6. The van der Waals surface area contributed by atoms with Crippen LogP contribution in [0.3, 0.4) is 0 Å². The van der Waals surface area contributed by atoms with Gasteiger partial charge in [-0.05, 0) is 42.0 Å². The topological polar surface area (TPSA) is 142 Å². The van der Waals surface area contributed by atoms with Crippen molar-refractivity contribution in [3.05, 3.63) is 22.3 Å². The van der Waals surface area contributed by atoms with Crippen LogP contribution in [0, 0.1) is 11.3 Å². The number of anilines is 1. The Balaban J connectivity index is 1.53. The summed E-state index contributed by atoms with van der Waals surface area (Å²) in [6.07, 6.45) is 3.05. The molecule has 0 radical (unpaired) electrons. The first-order valence-corrected chi connectivity index (χ1v) is 16.3. The lowest BCUT2D eigenvalue weighted by atomic mass is 9.77. The Hall–Kier alpha value is -1.96. The summed E-state index contributed by atoms with van der Waals surface area (Å²) in [5.74, 6) is -1.47. The molecule has 1 aromatic rings. The SMILES string of the molecule is CC(C)(C)CCN1C(=O)C(C2=NS(=O)(=O)c3c(CCS(C)(=O)=O)csc3N2)=C(O)C2C3CCC(O3)C21. The summed E-state index contributed by atoms with van der Waals surface area (Å²) in [5.41, 5.74) is 0.189. The average Bonchev–Trinajstić information content (AvgIpc) is 3.45. The van der Waals surface area contributed by atoms with Crippen molar-refractivity contribution in [3.8, 4) is 0 Å². The van der Waals surface area contributed by atoms with Crippen molar-refractivity contribution in [2.24, 2.45) is 15.7 Å². The lowest BCUT2D eigenvalue weighted by Gasteiger charge is -2.43. The number of hydrogen-bond acceptors (Lipinski definition) is 9. The third kappa shape index (κ3) is 4.48. The second-order valence-electron chi connectivity index (χ2n) is 11.2. The minimum Gasteiger partial charge on any atom is -0.511 e. The van der Waals surface area contributed by atoms with Crippen LogP contribution < -0.4 is 5.32 Å². The number of nitrogens with zero attached hydrogens (tertiary/aromatic N) is 2. The molecule has 5 heterocycles. The molecule has 36 heavy (non-hydrogen) atoms. The van der Waals surface area contributed by atoms with Crippen molar-refractivity contribution < 1.29 is 31.5 Å². The molecule has 4 atom stereocenters. The molecule has 10 nitrogen and oxygen atoms in total. The number of aryl methyl sites for hydroxylation is 1. The molecule has 2 saturated heterocycles. The van der Waals surface area contributed by atoms with Gasteiger partial charge >= 0.3 is 0 Å². The highest BCUT2D eigenvalue weighted by molar-refractivity contribution is 7.91. The molecule has 0 aliphatic carbocycles. The van der Waals surface area contributed by atoms with Crippen LogP contribution in [-0.2, 0) is 35.8 Å². The maximum absolute atomic E-state index is 13.8. The number of thiophene rings is 1. The lowest BCUT2D eigenvalue weighted by molar-refractivity contribution is -0.132. The highest BCUT2D eigenvalue weighted by Gasteiger charge is 2.58. The van der Waals surface area contributed by atoms with E-state index in [9.17, 15) is 26.7 Å². The van der Waals surface area contributed by atoms with Gasteiger partial charge in [0.2, 0.25) is 0 Å². The van der Waals surface area contributed by atoms with Crippen LogP contribution in [0.15, 0.2) is 26.0 Å². The van der Waals surface area contributed by atoms with Crippen molar-refractivity contribution in [1.29, 1.82) is 0 Å². The number of carbonyl (C=O) groups excluding carboxylic acids is 1. The molecular formula is C23H31N3O7S3. The zero-order valence-corrected chi connectivity index (χ0v) is 23.1. The van der Waals surface area contributed by atoms with Crippen molar-refractivity contribution in [2.45, 2.75) is 69.6 Å². The Morgan fingerprint density at radius 2 is 1.97 bits per heavy atom. The second kappa shape index (κ2) is 8.53. The molecule has 0 aromatic carbocycles. The minimum atomic E-state index is -4.23. The quantitative estimate of drug-likeness (QED) is 0.543. The molecule has 4 unspecified atom stereocenters. The Labute approximate surface area is 215 Å². The first-order valence-electron chi connectivity index (χ1n) is 12.0. The number of sulfonamides is 1. The van der Waals surface area contributed by atoms with Gasteiger partial charge < -0.3 is 20.1 Å². The molecule has 13 heteroatoms. The molecule has 0 saturated carbocycles. The zero-order chi connectivity index (χ0) is 26.2. The van der Waals surface area contributed by atoms with E-state index in [1.807, 2.05) is 0 Å². The van der Waals surface area contributed by atoms with Gasteiger partial charge in [0.25, 0.3) is 15.9 Å². The zero-order valence-electron chi connectivity index (χ0n) is 20.6. The predicted molar refractivity (Wildman–Crippen MR) is 137 cm³/mol. The Morgan fingerprint density at radius 1 is 1.28 bits per heavy atom. The Kier molecular flexibility index (Phi) is 6.09. The summed E-state index contributed by atoms with van der Waals surface area (Å²) in [4.78, 5) is 15.4. The van der Waals surface area contributed by atoms with Gasteiger partial charge in [0.05, 0.1) is 29.9 Å². The van der Waals surface area contributed by atoms with Gasteiger partial charge in [0, 0.05) is 12.8 Å². The third-order valence-corrected chi connectivity index (χ3v) is 10.7. The molecule has 0 spiro atoms. The largest absolute Gasteiger partial charge is 0.511 e. The fraction of sp³-hybridized carbons (Fsp3) is 0.652. The van der Waals surface area contributed by atoms with Crippen LogP contribution in [0.1, 0.15) is 45.6 Å². The fourth-order valence-electron chi connectivity index (χ4n) is 5.50. The number of amides is 1. The van der Waals surface area contributed by atoms with Crippen molar-refractivity contribution in [2.75, 3.05) is 23.9 Å². The van der Waals surface area contributed by atoms with Gasteiger partial charge in [-0.2, -0.15) is 8.42 Å². The Bertz CT molecular complexity index is 1390. The summed E-state index contributed by atoms with van der Waals surface area (Å²) in [6, 6.07) is -0.289. The van der Waals surface area contributed by atoms with Gasteiger partial charge in [0.1, 0.15) is 31.1 Å². The normalized spacial score (nSPS) is 29.2. The molecule has 2 N–H and O–H groups in total. The number of amidine groups is 1. The van der Waals surface area contributed by atoms with E-state index in [0.29, 0.717) is 12.1 Å². The first-order chi connectivity index (χ1) is 16.7. The van der Waals surface area contributed by atoms with E-state index in [-0.39, 0.29) is 62.9 Å². The number of ether oxygens (including phenoxy) is 1. The van der Waals surface area contributed by atoms with Gasteiger partial charge in [0.15, 0.2) is 5.84 Å². The molecule has 5 rings (SSSR count). The average molecular weight is 558 g/mol. The number of sulfone groups is 1. The van der Waals surface area contributed by atoms with E-state index in [2.05, 4.69) is 30.5 Å². The van der Waals surface area contributed by atoms with Gasteiger partial charge in [-0.15, -0.1) is 15.7 Å². The number of hydrogen-bond donors (Lipinski definition) is 2. The maximum atomic E-state index is 13.8. The Morgan fingerprint density at radius 3 is 2.64 bits per heavy atom. The lowest BCUT2D eigenvalue weighted by Crippen LogP contribution is -2.56. The third-order valence-electron chi connectivity index (χ3n) is 7.24. The minimum absolute atomic E-state index is 0.0319. The monoisotopic (exact) mass is 557 g/mol. The summed E-state index contributed by atoms with van der Waals surface area (Å²) in [6.45, 7) is 6.71. The van der Waals surface area contributed by atoms with Crippen molar-refractivity contribution in [3.63, 3.8) is 0 Å². The van der Waals surface area contributed by atoms with Gasteiger partial charge in [-0.25, -0.2) is 8.42 Å². The summed E-state index contributed by atoms with van der Waals surface area (Å²) >= 11 is 1.10. The second-order valence-corrected chi connectivity index (χ2v) is 15.9. The maximum Gasteiger partial charge on any atom is 0.287 e. The number of fused-ring (bicyclic) bond motifs is 6. The highest BCUT2D eigenvalue weighted by atomic mass is 32.2. The number of nitrogens with one attached hydrogen (secondary N) is 1. The van der Waals surface area contributed by atoms with Crippen LogP contribution in [0.25, 0.3) is 0 Å². The fourth-order valence-corrected chi connectivity index (χ4v) is 8.76. The summed E-state index contributed by atoms with van der Waals surface area (Å²) in [7, 11) is -7.52. The summed E-state index contributed by atoms with van der Waals surface area (Å²) < 4.78 is 59.6. The van der Waals surface area contributed by atoms with E-state index < -0.39 is 31.7 Å². The highest BCUT2D eigenvalue weighted by Crippen LogP contribution is 2.49. The first kappa shape index (κ1) is 25.7. The van der Waals surface area contributed by atoms with Crippen LogP contribution in [0.2, 0.25) is 0 Å². The number of carbonyl (C=O) groups is 1. The van der Waals surface area contributed by atoms with Crippen LogP contribution in [-0.4, -0.2) is 75.4 Å². The van der Waals surface area contributed by atoms with E-state index in [0.717, 1.165) is 36.9 Å². The van der Waals surface area contributed by atoms with E-state index in [4.69, 9.17) is 4.74 Å². The molecule has 4 aliphatic rings. The molecular weight excluding hydrogens is 526 g/mol.